The second-order valence-corrected chi connectivity index (χ2v) is 16.5. The predicted molar refractivity (Wildman–Crippen MR) is 114 cm³/mol. The third kappa shape index (κ3) is 5.53. The van der Waals surface area contributed by atoms with Crippen LogP contribution in [0.4, 0.5) is 0 Å². The standard InChI is InChI=1S/C19H34O4S2Si/c1-19(2,3)26(4,5)23-12-13-7-8-14(17(13)22)15(11-16(20)21)18-24-9-6-10-25-18/h7-8,13-15,17-18,22H,6,9-12H2,1-5H3,(H,20,21)/t13-,14+,15+,17-/m1/s1. The van der Waals surface area contributed by atoms with Gasteiger partial charge in [0.25, 0.3) is 0 Å². The Morgan fingerprint density at radius 3 is 2.42 bits per heavy atom. The number of aliphatic hydroxyl groups excluding tert-OH is 1. The molecule has 0 bridgehead atoms. The third-order valence-corrected chi connectivity index (χ3v) is 13.7. The highest BCUT2D eigenvalue weighted by Crippen LogP contribution is 2.45. The number of aliphatic hydroxyl groups is 1. The summed E-state index contributed by atoms with van der Waals surface area (Å²) in [6.07, 6.45) is 4.85. The predicted octanol–water partition coefficient (Wildman–Crippen LogP) is 4.46. The fourth-order valence-corrected chi connectivity index (χ4v) is 7.55. The summed E-state index contributed by atoms with van der Waals surface area (Å²) in [5.41, 5.74) is 0. The molecule has 1 aliphatic heterocycles. The summed E-state index contributed by atoms with van der Waals surface area (Å²) in [7, 11) is -1.86. The Labute approximate surface area is 167 Å². The maximum absolute atomic E-state index is 11.4. The van der Waals surface area contributed by atoms with Gasteiger partial charge in [-0.2, -0.15) is 0 Å². The highest BCUT2D eigenvalue weighted by Gasteiger charge is 2.43. The maximum atomic E-state index is 11.4. The first kappa shape index (κ1) is 22.3. The number of carboxylic acids is 1. The summed E-state index contributed by atoms with van der Waals surface area (Å²) in [6, 6.07) is 0. The van der Waals surface area contributed by atoms with Crippen molar-refractivity contribution in [3.63, 3.8) is 0 Å². The van der Waals surface area contributed by atoms with Crippen molar-refractivity contribution in [2.45, 2.75) is 62.4 Å². The topological polar surface area (TPSA) is 66.8 Å². The van der Waals surface area contributed by atoms with Crippen LogP contribution < -0.4 is 0 Å². The molecule has 0 radical (unpaired) electrons. The lowest BCUT2D eigenvalue weighted by Crippen LogP contribution is -2.43. The van der Waals surface area contributed by atoms with Crippen molar-refractivity contribution in [2.24, 2.45) is 17.8 Å². The number of thioether (sulfide) groups is 2. The largest absolute Gasteiger partial charge is 0.481 e. The number of carboxylic acid groups (broad SMARTS) is 1. The molecule has 0 unspecified atom stereocenters. The Hall–Kier alpha value is 0.0469. The van der Waals surface area contributed by atoms with Crippen molar-refractivity contribution in [3.8, 4) is 0 Å². The molecule has 1 saturated heterocycles. The molecule has 0 aromatic heterocycles. The Kier molecular flexibility index (Phi) is 7.76. The van der Waals surface area contributed by atoms with Crippen LogP contribution in [0.3, 0.4) is 0 Å². The van der Waals surface area contributed by atoms with Crippen LogP contribution >= 0.6 is 23.5 Å². The first-order valence-corrected chi connectivity index (χ1v) is 14.5. The molecule has 150 valence electrons. The van der Waals surface area contributed by atoms with Gasteiger partial charge >= 0.3 is 5.97 Å². The molecule has 0 spiro atoms. The zero-order valence-corrected chi connectivity index (χ0v) is 19.2. The van der Waals surface area contributed by atoms with E-state index in [2.05, 4.69) is 39.9 Å². The second-order valence-electron chi connectivity index (χ2n) is 8.91. The van der Waals surface area contributed by atoms with Gasteiger partial charge in [0.05, 0.1) is 17.1 Å². The highest BCUT2D eigenvalue weighted by atomic mass is 32.2. The summed E-state index contributed by atoms with van der Waals surface area (Å²) in [6.45, 7) is 11.6. The molecule has 4 atom stereocenters. The second kappa shape index (κ2) is 9.03. The van der Waals surface area contributed by atoms with Gasteiger partial charge < -0.3 is 14.6 Å². The average molecular weight is 419 g/mol. The minimum Gasteiger partial charge on any atom is -0.481 e. The van der Waals surface area contributed by atoms with Crippen molar-refractivity contribution < 1.29 is 19.4 Å². The smallest absolute Gasteiger partial charge is 0.303 e. The molecule has 0 amide bonds. The fourth-order valence-electron chi connectivity index (χ4n) is 3.22. The van der Waals surface area contributed by atoms with Crippen molar-refractivity contribution in [3.05, 3.63) is 12.2 Å². The van der Waals surface area contributed by atoms with Crippen LogP contribution in [0.1, 0.15) is 33.6 Å². The van der Waals surface area contributed by atoms with Gasteiger partial charge in [-0.15, -0.1) is 23.5 Å². The van der Waals surface area contributed by atoms with Gasteiger partial charge in [-0.25, -0.2) is 0 Å². The average Bonchev–Trinajstić information content (AvgIpc) is 2.91. The van der Waals surface area contributed by atoms with E-state index in [1.165, 1.54) is 6.42 Å². The van der Waals surface area contributed by atoms with E-state index in [4.69, 9.17) is 4.43 Å². The van der Waals surface area contributed by atoms with Crippen LogP contribution in [0.5, 0.6) is 0 Å². The van der Waals surface area contributed by atoms with E-state index >= 15 is 0 Å². The summed E-state index contributed by atoms with van der Waals surface area (Å²) in [4.78, 5) is 11.4. The molecular formula is C19H34O4S2Si. The number of hydrogen-bond acceptors (Lipinski definition) is 5. The number of aliphatic carboxylic acids is 1. The Morgan fingerprint density at radius 2 is 1.88 bits per heavy atom. The molecule has 0 saturated carbocycles. The SMILES string of the molecule is CC(C)(C)[Si](C)(C)OC[C@H]1C=C[C@@H]([C@H](CC(=O)O)C2SCCCS2)[C@@H]1O. The van der Waals surface area contributed by atoms with E-state index in [1.54, 1.807) is 0 Å². The van der Waals surface area contributed by atoms with Crippen LogP contribution in [0.15, 0.2) is 12.2 Å². The van der Waals surface area contributed by atoms with E-state index in [1.807, 2.05) is 29.6 Å². The third-order valence-electron chi connectivity index (χ3n) is 5.96. The zero-order chi connectivity index (χ0) is 19.5. The number of rotatable bonds is 7. The lowest BCUT2D eigenvalue weighted by molar-refractivity contribution is -0.138. The molecule has 1 aliphatic carbocycles. The monoisotopic (exact) mass is 418 g/mol. The quantitative estimate of drug-likeness (QED) is 0.470. The Morgan fingerprint density at radius 1 is 1.27 bits per heavy atom. The van der Waals surface area contributed by atoms with E-state index < -0.39 is 20.4 Å². The molecule has 26 heavy (non-hydrogen) atoms. The van der Waals surface area contributed by atoms with Crippen LogP contribution in [0.25, 0.3) is 0 Å². The normalized spacial score (nSPS) is 29.1. The van der Waals surface area contributed by atoms with Crippen molar-refractivity contribution in [1.82, 2.24) is 0 Å². The minimum absolute atomic E-state index is 0.0353. The molecule has 0 aromatic rings. The molecule has 1 fully saturated rings. The minimum atomic E-state index is -1.86. The summed E-state index contributed by atoms with van der Waals surface area (Å²) in [5.74, 6) is 1.22. The molecule has 4 nitrogen and oxygen atoms in total. The Balaban J connectivity index is 2.02. The molecular weight excluding hydrogens is 384 g/mol. The van der Waals surface area contributed by atoms with Gasteiger partial charge in [0.15, 0.2) is 8.32 Å². The highest BCUT2D eigenvalue weighted by molar-refractivity contribution is 8.17. The summed E-state index contributed by atoms with van der Waals surface area (Å²) >= 11 is 3.71. The van der Waals surface area contributed by atoms with Gasteiger partial charge in [0.1, 0.15) is 0 Å². The van der Waals surface area contributed by atoms with Gasteiger partial charge in [-0.3, -0.25) is 4.79 Å². The first-order valence-electron chi connectivity index (χ1n) is 9.48. The summed E-state index contributed by atoms with van der Waals surface area (Å²) in [5, 5.41) is 20.4. The molecule has 0 aromatic carbocycles. The maximum Gasteiger partial charge on any atom is 0.303 e. The van der Waals surface area contributed by atoms with Gasteiger partial charge in [0, 0.05) is 18.4 Å². The first-order chi connectivity index (χ1) is 12.0. The van der Waals surface area contributed by atoms with Crippen LogP contribution in [-0.2, 0) is 9.22 Å². The van der Waals surface area contributed by atoms with Gasteiger partial charge in [-0.05, 0) is 42.0 Å². The van der Waals surface area contributed by atoms with Crippen molar-refractivity contribution in [1.29, 1.82) is 0 Å². The Bertz CT molecular complexity index is 512. The molecule has 7 heteroatoms. The van der Waals surface area contributed by atoms with Crippen molar-refractivity contribution in [2.75, 3.05) is 18.1 Å². The fraction of sp³-hybridized carbons (Fsp3) is 0.842. The van der Waals surface area contributed by atoms with Gasteiger partial charge in [0.2, 0.25) is 0 Å². The van der Waals surface area contributed by atoms with Crippen LogP contribution in [0, 0.1) is 17.8 Å². The van der Waals surface area contributed by atoms with E-state index in [0.717, 1.165) is 11.5 Å². The van der Waals surface area contributed by atoms with Crippen LogP contribution in [-0.4, -0.2) is 53.3 Å². The van der Waals surface area contributed by atoms with Crippen LogP contribution in [0.2, 0.25) is 18.1 Å². The molecule has 1 heterocycles. The molecule has 2 aliphatic rings. The van der Waals surface area contributed by atoms with E-state index in [0.29, 0.717) is 6.61 Å². The van der Waals surface area contributed by atoms with E-state index in [9.17, 15) is 15.0 Å². The molecule has 2 N–H and O–H groups in total. The summed E-state index contributed by atoms with van der Waals surface area (Å²) < 4.78 is 6.56. The molecule has 2 rings (SSSR count). The van der Waals surface area contributed by atoms with Crippen molar-refractivity contribution >= 4 is 37.8 Å². The number of hydrogen-bond donors (Lipinski definition) is 2. The number of carbonyl (C=O) groups is 1. The van der Waals surface area contributed by atoms with E-state index in [-0.39, 0.29) is 33.8 Å². The van der Waals surface area contributed by atoms with Gasteiger partial charge in [-0.1, -0.05) is 32.9 Å². The zero-order valence-electron chi connectivity index (χ0n) is 16.6. The lowest BCUT2D eigenvalue weighted by atomic mass is 9.86. The lowest BCUT2D eigenvalue weighted by Gasteiger charge is -2.38.